The van der Waals surface area contributed by atoms with Gasteiger partial charge < -0.3 is 10.1 Å². The molecule has 0 aliphatic rings. The summed E-state index contributed by atoms with van der Waals surface area (Å²) in [6.07, 6.45) is 1.67. The van der Waals surface area contributed by atoms with Crippen LogP contribution >= 0.6 is 34.4 Å². The van der Waals surface area contributed by atoms with E-state index in [1.54, 1.807) is 0 Å². The molecule has 2 rings (SSSR count). The lowest BCUT2D eigenvalue weighted by molar-refractivity contribution is -0.136. The van der Waals surface area contributed by atoms with Gasteiger partial charge in [-0.25, -0.2) is 4.98 Å². The van der Waals surface area contributed by atoms with Gasteiger partial charge in [0.25, 0.3) is 5.56 Å². The van der Waals surface area contributed by atoms with Crippen LogP contribution in [0.3, 0.4) is 0 Å². The fourth-order valence-corrected chi connectivity index (χ4v) is 3.22. The molecule has 2 N–H and O–H groups in total. The van der Waals surface area contributed by atoms with E-state index in [0.29, 0.717) is 15.0 Å². The van der Waals surface area contributed by atoms with Gasteiger partial charge >= 0.3 is 5.97 Å². The molecule has 20 heavy (non-hydrogen) atoms. The Bertz CT molecular complexity index is 660. The van der Waals surface area contributed by atoms with Crippen molar-refractivity contribution in [3.8, 4) is 0 Å². The molecule has 0 spiro atoms. The SMILES string of the molecule is O=C(O)C(Cc1ccccc1)Sc1nc[nH]c(=O)c1I. The summed E-state index contributed by atoms with van der Waals surface area (Å²) in [5.74, 6) is -0.920. The third-order valence-corrected chi connectivity index (χ3v) is 5.11. The Labute approximate surface area is 133 Å². The van der Waals surface area contributed by atoms with E-state index in [-0.39, 0.29) is 5.56 Å². The molecule has 0 aliphatic carbocycles. The van der Waals surface area contributed by atoms with E-state index in [1.165, 1.54) is 6.33 Å². The number of hydrogen-bond acceptors (Lipinski definition) is 4. The van der Waals surface area contributed by atoms with Crippen molar-refractivity contribution < 1.29 is 9.90 Å². The van der Waals surface area contributed by atoms with Gasteiger partial charge in [0.05, 0.1) is 6.33 Å². The molecule has 1 aromatic heterocycles. The second kappa shape index (κ2) is 6.89. The zero-order chi connectivity index (χ0) is 14.5. The minimum absolute atomic E-state index is 0.257. The number of carbonyl (C=O) groups is 1. The van der Waals surface area contributed by atoms with Crippen molar-refractivity contribution in [1.82, 2.24) is 9.97 Å². The quantitative estimate of drug-likeness (QED) is 0.455. The van der Waals surface area contributed by atoms with Gasteiger partial charge in [0.15, 0.2) is 0 Å². The molecule has 1 unspecified atom stereocenters. The number of aliphatic carboxylic acids is 1. The summed E-state index contributed by atoms with van der Waals surface area (Å²) in [4.78, 5) is 29.3. The van der Waals surface area contributed by atoms with Gasteiger partial charge in [-0.15, -0.1) is 0 Å². The molecule has 5 nitrogen and oxygen atoms in total. The third-order valence-electron chi connectivity index (χ3n) is 2.56. The van der Waals surface area contributed by atoms with Crippen molar-refractivity contribution in [2.24, 2.45) is 0 Å². The Morgan fingerprint density at radius 1 is 1.40 bits per heavy atom. The van der Waals surface area contributed by atoms with Crippen molar-refractivity contribution in [2.45, 2.75) is 16.7 Å². The van der Waals surface area contributed by atoms with Crippen molar-refractivity contribution >= 4 is 40.3 Å². The average Bonchev–Trinajstić information content (AvgIpc) is 2.44. The van der Waals surface area contributed by atoms with Crippen LogP contribution in [0.4, 0.5) is 0 Å². The smallest absolute Gasteiger partial charge is 0.317 e. The number of halogens is 1. The molecule has 104 valence electrons. The fraction of sp³-hybridized carbons (Fsp3) is 0.154. The normalized spacial score (nSPS) is 12.1. The zero-order valence-corrected chi connectivity index (χ0v) is 13.2. The fourth-order valence-electron chi connectivity index (χ4n) is 1.59. The highest BCUT2D eigenvalue weighted by Gasteiger charge is 2.22. The first-order valence-electron chi connectivity index (χ1n) is 5.74. The number of nitrogens with zero attached hydrogens (tertiary/aromatic N) is 1. The summed E-state index contributed by atoms with van der Waals surface area (Å²) < 4.78 is 0.411. The van der Waals surface area contributed by atoms with Gasteiger partial charge in [-0.1, -0.05) is 42.1 Å². The molecular formula is C13H11IN2O3S. The summed E-state index contributed by atoms with van der Waals surface area (Å²) in [6.45, 7) is 0. The Morgan fingerprint density at radius 3 is 2.75 bits per heavy atom. The number of H-pyrrole nitrogens is 1. The number of carboxylic acid groups (broad SMARTS) is 1. The molecule has 7 heteroatoms. The van der Waals surface area contributed by atoms with Crippen LogP contribution in [0.5, 0.6) is 0 Å². The standard InChI is InChI=1S/C13H11IN2O3S/c14-10-11(17)15-7-16-12(10)20-9(13(18)19)6-8-4-2-1-3-5-8/h1-5,7,9H,6H2,(H,18,19)(H,15,16,17). The Kier molecular flexibility index (Phi) is 5.18. The molecule has 1 aromatic carbocycles. The summed E-state index contributed by atoms with van der Waals surface area (Å²) in [5, 5.41) is 9.08. The van der Waals surface area contributed by atoms with Gasteiger partial charge in [0.2, 0.25) is 0 Å². The van der Waals surface area contributed by atoms with Crippen molar-refractivity contribution in [3.05, 3.63) is 56.1 Å². The molecule has 0 bridgehead atoms. The largest absolute Gasteiger partial charge is 0.480 e. The van der Waals surface area contributed by atoms with Gasteiger partial charge in [0, 0.05) is 0 Å². The molecule has 1 heterocycles. The first-order valence-corrected chi connectivity index (χ1v) is 7.70. The predicted octanol–water partition coefficient (Wildman–Crippen LogP) is 2.16. The summed E-state index contributed by atoms with van der Waals surface area (Å²) in [7, 11) is 0. The summed E-state index contributed by atoms with van der Waals surface area (Å²) in [5.41, 5.74) is 0.680. The second-order valence-corrected chi connectivity index (χ2v) is 6.26. The van der Waals surface area contributed by atoms with E-state index >= 15 is 0 Å². The highest BCUT2D eigenvalue weighted by atomic mass is 127. The zero-order valence-electron chi connectivity index (χ0n) is 10.2. The number of benzene rings is 1. The number of thioether (sulfide) groups is 1. The highest BCUT2D eigenvalue weighted by molar-refractivity contribution is 14.1. The van der Waals surface area contributed by atoms with Crippen LogP contribution in [0.2, 0.25) is 0 Å². The minimum atomic E-state index is -0.920. The predicted molar refractivity (Wildman–Crippen MR) is 85.0 cm³/mol. The van der Waals surface area contributed by atoms with Crippen LogP contribution in [0.15, 0.2) is 46.5 Å². The number of carboxylic acids is 1. The van der Waals surface area contributed by atoms with E-state index in [1.807, 2.05) is 52.9 Å². The monoisotopic (exact) mass is 402 g/mol. The lowest BCUT2D eigenvalue weighted by Gasteiger charge is -2.12. The maximum Gasteiger partial charge on any atom is 0.317 e. The summed E-state index contributed by atoms with van der Waals surface area (Å²) in [6, 6.07) is 9.38. The van der Waals surface area contributed by atoms with E-state index in [0.717, 1.165) is 17.3 Å². The molecule has 0 amide bonds. The van der Waals surface area contributed by atoms with E-state index in [9.17, 15) is 14.7 Å². The van der Waals surface area contributed by atoms with Crippen molar-refractivity contribution in [2.75, 3.05) is 0 Å². The van der Waals surface area contributed by atoms with Crippen LogP contribution in [0.25, 0.3) is 0 Å². The highest BCUT2D eigenvalue weighted by Crippen LogP contribution is 2.26. The molecule has 0 saturated heterocycles. The average molecular weight is 402 g/mol. The lowest BCUT2D eigenvalue weighted by atomic mass is 10.1. The maximum atomic E-state index is 11.5. The van der Waals surface area contributed by atoms with Crippen molar-refractivity contribution in [3.63, 3.8) is 0 Å². The van der Waals surface area contributed by atoms with Gasteiger partial charge in [-0.3, -0.25) is 9.59 Å². The number of hydrogen-bond donors (Lipinski definition) is 2. The minimum Gasteiger partial charge on any atom is -0.480 e. The van der Waals surface area contributed by atoms with Crippen LogP contribution in [-0.2, 0) is 11.2 Å². The number of rotatable bonds is 5. The molecule has 0 fully saturated rings. The molecular weight excluding hydrogens is 391 g/mol. The Balaban J connectivity index is 2.20. The third kappa shape index (κ3) is 3.83. The van der Waals surface area contributed by atoms with Gasteiger partial charge in [-0.05, 0) is 34.6 Å². The molecule has 1 atom stereocenters. The number of aromatic nitrogens is 2. The van der Waals surface area contributed by atoms with Crippen LogP contribution < -0.4 is 5.56 Å². The topological polar surface area (TPSA) is 83.0 Å². The lowest BCUT2D eigenvalue weighted by Crippen LogP contribution is -2.21. The second-order valence-electron chi connectivity index (χ2n) is 3.99. The van der Waals surface area contributed by atoms with E-state index in [4.69, 9.17) is 0 Å². The van der Waals surface area contributed by atoms with Crippen LogP contribution in [0.1, 0.15) is 5.56 Å². The van der Waals surface area contributed by atoms with Crippen LogP contribution in [-0.4, -0.2) is 26.3 Å². The molecule has 2 aromatic rings. The first-order chi connectivity index (χ1) is 9.58. The van der Waals surface area contributed by atoms with E-state index < -0.39 is 11.2 Å². The Hall–Kier alpha value is -1.35. The van der Waals surface area contributed by atoms with E-state index in [2.05, 4.69) is 9.97 Å². The summed E-state index contributed by atoms with van der Waals surface area (Å²) >= 11 is 2.97. The Morgan fingerprint density at radius 2 is 2.10 bits per heavy atom. The molecule has 0 aliphatic heterocycles. The van der Waals surface area contributed by atoms with Crippen LogP contribution in [0, 0.1) is 3.57 Å². The molecule has 0 radical (unpaired) electrons. The number of nitrogens with one attached hydrogen (secondary N) is 1. The first kappa shape index (κ1) is 15.0. The van der Waals surface area contributed by atoms with Crippen molar-refractivity contribution in [1.29, 1.82) is 0 Å². The van der Waals surface area contributed by atoms with Gasteiger partial charge in [-0.2, -0.15) is 0 Å². The number of aromatic amines is 1. The maximum absolute atomic E-state index is 11.5. The molecule has 0 saturated carbocycles. The van der Waals surface area contributed by atoms with Gasteiger partial charge in [0.1, 0.15) is 13.8 Å².